The minimum Gasteiger partial charge on any atom is -0.381 e. The number of fused-ring (bicyclic) bond motifs is 1. The van der Waals surface area contributed by atoms with Gasteiger partial charge in [-0.2, -0.15) is 0 Å². The Bertz CT molecular complexity index is 930. The number of carbonyl (C=O) groups excluding carboxylic acids is 1. The Balaban J connectivity index is 1.54. The summed E-state index contributed by atoms with van der Waals surface area (Å²) >= 11 is 3.47. The molecule has 1 aliphatic heterocycles. The van der Waals surface area contributed by atoms with Crippen molar-refractivity contribution in [2.24, 2.45) is 5.92 Å². The number of hydrogen-bond donors (Lipinski definition) is 1. The van der Waals surface area contributed by atoms with E-state index >= 15 is 0 Å². The fourth-order valence-electron chi connectivity index (χ4n) is 3.43. The van der Waals surface area contributed by atoms with Crippen molar-refractivity contribution in [1.29, 1.82) is 0 Å². The lowest BCUT2D eigenvalue weighted by Gasteiger charge is -2.20. The van der Waals surface area contributed by atoms with E-state index < -0.39 is 0 Å². The van der Waals surface area contributed by atoms with Crippen molar-refractivity contribution in [3.05, 3.63) is 52.8 Å². The second-order valence-corrected chi connectivity index (χ2v) is 7.66. The minimum atomic E-state index is 0.0480. The zero-order valence-corrected chi connectivity index (χ0v) is 16.1. The Hall–Kier alpha value is -2.18. The molecule has 0 unspecified atom stereocenters. The van der Waals surface area contributed by atoms with Crippen molar-refractivity contribution in [2.45, 2.75) is 6.42 Å². The lowest BCUT2D eigenvalue weighted by atomic mass is 10.0. The van der Waals surface area contributed by atoms with Gasteiger partial charge in [-0.3, -0.25) is 4.79 Å². The van der Waals surface area contributed by atoms with Crippen LogP contribution < -0.4 is 0 Å². The van der Waals surface area contributed by atoms with Crippen LogP contribution in [0, 0.1) is 5.92 Å². The van der Waals surface area contributed by atoms with Gasteiger partial charge in [0.15, 0.2) is 0 Å². The summed E-state index contributed by atoms with van der Waals surface area (Å²) in [6.45, 7) is 2.29. The first-order valence-corrected chi connectivity index (χ1v) is 9.47. The molecule has 4 rings (SSSR count). The standard InChI is InChI=1S/C20H20BrN3O2/c1-24(11-13-6-7-26-12-13)20(25)15-4-2-14(3-5-15)18-10-23-19-17(18)8-16(21)9-22-19/h2-5,8-10,13H,6-7,11-12H2,1H3,(H,22,23)/t13-/m0/s1. The summed E-state index contributed by atoms with van der Waals surface area (Å²) in [5, 5.41) is 1.05. The summed E-state index contributed by atoms with van der Waals surface area (Å²) in [5.74, 6) is 0.493. The van der Waals surface area contributed by atoms with E-state index in [1.165, 1.54) is 0 Å². The van der Waals surface area contributed by atoms with Crippen molar-refractivity contribution in [1.82, 2.24) is 14.9 Å². The van der Waals surface area contributed by atoms with Gasteiger partial charge in [-0.15, -0.1) is 0 Å². The van der Waals surface area contributed by atoms with Gasteiger partial charge in [-0.25, -0.2) is 4.98 Å². The third-order valence-electron chi connectivity index (χ3n) is 4.84. The molecule has 1 saturated heterocycles. The molecule has 1 fully saturated rings. The highest BCUT2D eigenvalue weighted by atomic mass is 79.9. The summed E-state index contributed by atoms with van der Waals surface area (Å²) in [7, 11) is 1.86. The summed E-state index contributed by atoms with van der Waals surface area (Å²) < 4.78 is 6.33. The van der Waals surface area contributed by atoms with Crippen LogP contribution in [0.3, 0.4) is 0 Å². The van der Waals surface area contributed by atoms with E-state index in [1.807, 2.05) is 43.6 Å². The molecule has 1 aromatic carbocycles. The first kappa shape index (κ1) is 17.2. The lowest BCUT2D eigenvalue weighted by Crippen LogP contribution is -2.32. The number of amides is 1. The van der Waals surface area contributed by atoms with Crippen molar-refractivity contribution in [3.8, 4) is 11.1 Å². The van der Waals surface area contributed by atoms with Gasteiger partial charge in [0, 0.05) is 59.5 Å². The molecule has 3 aromatic rings. The molecular weight excluding hydrogens is 394 g/mol. The number of H-pyrrole nitrogens is 1. The lowest BCUT2D eigenvalue weighted by molar-refractivity contribution is 0.0766. The maximum Gasteiger partial charge on any atom is 0.253 e. The Labute approximate surface area is 160 Å². The van der Waals surface area contributed by atoms with Crippen LogP contribution in [0.4, 0.5) is 0 Å². The number of benzene rings is 1. The second-order valence-electron chi connectivity index (χ2n) is 6.74. The van der Waals surface area contributed by atoms with Gasteiger partial charge >= 0.3 is 0 Å². The fraction of sp³-hybridized carbons (Fsp3) is 0.300. The van der Waals surface area contributed by atoms with Crippen molar-refractivity contribution >= 4 is 32.9 Å². The van der Waals surface area contributed by atoms with E-state index in [2.05, 4.69) is 25.9 Å². The number of nitrogens with one attached hydrogen (secondary N) is 1. The number of rotatable bonds is 4. The molecule has 2 aromatic heterocycles. The third-order valence-corrected chi connectivity index (χ3v) is 5.28. The summed E-state index contributed by atoms with van der Waals surface area (Å²) in [6, 6.07) is 9.81. The minimum absolute atomic E-state index is 0.0480. The highest BCUT2D eigenvalue weighted by Crippen LogP contribution is 2.29. The summed E-state index contributed by atoms with van der Waals surface area (Å²) in [4.78, 5) is 22.0. The first-order chi connectivity index (χ1) is 12.6. The van der Waals surface area contributed by atoms with Gasteiger partial charge in [-0.1, -0.05) is 12.1 Å². The van der Waals surface area contributed by atoms with Crippen LogP contribution in [0.2, 0.25) is 0 Å². The average molecular weight is 414 g/mol. The highest BCUT2D eigenvalue weighted by molar-refractivity contribution is 9.10. The zero-order valence-electron chi connectivity index (χ0n) is 14.5. The molecule has 6 heteroatoms. The van der Waals surface area contributed by atoms with Gasteiger partial charge in [0.2, 0.25) is 0 Å². The fourth-order valence-corrected chi connectivity index (χ4v) is 3.76. The van der Waals surface area contributed by atoms with E-state index in [1.54, 1.807) is 11.1 Å². The number of nitrogens with zero attached hydrogens (tertiary/aromatic N) is 2. The van der Waals surface area contributed by atoms with Gasteiger partial charge in [0.1, 0.15) is 5.65 Å². The van der Waals surface area contributed by atoms with E-state index in [0.717, 1.165) is 52.8 Å². The van der Waals surface area contributed by atoms with Crippen LogP contribution in [0.5, 0.6) is 0 Å². The molecule has 3 heterocycles. The summed E-state index contributed by atoms with van der Waals surface area (Å²) in [6.07, 6.45) is 4.75. The Morgan fingerprint density at radius 2 is 2.19 bits per heavy atom. The first-order valence-electron chi connectivity index (χ1n) is 8.68. The number of aromatic nitrogens is 2. The van der Waals surface area contributed by atoms with Crippen molar-refractivity contribution in [3.63, 3.8) is 0 Å². The Morgan fingerprint density at radius 1 is 1.38 bits per heavy atom. The molecule has 134 valence electrons. The number of halogens is 1. The van der Waals surface area contributed by atoms with Gasteiger partial charge in [-0.05, 0) is 46.1 Å². The molecule has 1 atom stereocenters. The smallest absolute Gasteiger partial charge is 0.253 e. The van der Waals surface area contributed by atoms with Crippen LogP contribution in [-0.4, -0.2) is 47.6 Å². The number of pyridine rings is 1. The molecule has 26 heavy (non-hydrogen) atoms. The van der Waals surface area contributed by atoms with Crippen LogP contribution in [-0.2, 0) is 4.74 Å². The zero-order chi connectivity index (χ0) is 18.1. The highest BCUT2D eigenvalue weighted by Gasteiger charge is 2.21. The quantitative estimate of drug-likeness (QED) is 0.700. The maximum absolute atomic E-state index is 12.6. The van der Waals surface area contributed by atoms with Crippen molar-refractivity contribution in [2.75, 3.05) is 26.8 Å². The van der Waals surface area contributed by atoms with Crippen LogP contribution in [0.1, 0.15) is 16.8 Å². The SMILES string of the molecule is CN(C[C@@H]1CCOC1)C(=O)c1ccc(-c2c[nH]c3ncc(Br)cc23)cc1. The van der Waals surface area contributed by atoms with Gasteiger partial charge in [0.25, 0.3) is 5.91 Å². The number of ether oxygens (including phenoxy) is 1. The monoisotopic (exact) mass is 413 g/mol. The Kier molecular flexibility index (Phi) is 4.78. The predicted octanol–water partition coefficient (Wildman–Crippen LogP) is 4.10. The molecule has 0 aliphatic carbocycles. The Morgan fingerprint density at radius 3 is 2.92 bits per heavy atom. The molecule has 0 saturated carbocycles. The molecular formula is C20H20BrN3O2. The molecule has 5 nitrogen and oxygen atoms in total. The predicted molar refractivity (Wildman–Crippen MR) is 105 cm³/mol. The van der Waals surface area contributed by atoms with Crippen LogP contribution >= 0.6 is 15.9 Å². The van der Waals surface area contributed by atoms with E-state index in [0.29, 0.717) is 11.5 Å². The molecule has 1 N–H and O–H groups in total. The number of aromatic amines is 1. The second kappa shape index (κ2) is 7.21. The molecule has 1 amide bonds. The normalized spacial score (nSPS) is 16.9. The third kappa shape index (κ3) is 3.39. The number of hydrogen-bond acceptors (Lipinski definition) is 3. The maximum atomic E-state index is 12.6. The molecule has 0 spiro atoms. The van der Waals surface area contributed by atoms with Crippen molar-refractivity contribution < 1.29 is 9.53 Å². The van der Waals surface area contributed by atoms with Crippen LogP contribution in [0.15, 0.2) is 47.2 Å². The molecule has 1 aliphatic rings. The van der Waals surface area contributed by atoms with E-state index in [-0.39, 0.29) is 5.91 Å². The largest absolute Gasteiger partial charge is 0.381 e. The van der Waals surface area contributed by atoms with Gasteiger partial charge < -0.3 is 14.6 Å². The summed E-state index contributed by atoms with van der Waals surface area (Å²) in [5.41, 5.74) is 3.68. The molecule has 0 bridgehead atoms. The van der Waals surface area contributed by atoms with Crippen LogP contribution in [0.25, 0.3) is 22.2 Å². The van der Waals surface area contributed by atoms with Gasteiger partial charge in [0.05, 0.1) is 6.61 Å². The average Bonchev–Trinajstić information content (AvgIpc) is 3.30. The van der Waals surface area contributed by atoms with E-state index in [4.69, 9.17) is 4.74 Å². The topological polar surface area (TPSA) is 58.2 Å². The van der Waals surface area contributed by atoms with E-state index in [9.17, 15) is 4.79 Å². The number of carbonyl (C=O) groups is 1. The molecule has 0 radical (unpaired) electrons.